The van der Waals surface area contributed by atoms with Crippen LogP contribution in [0.4, 0.5) is 0 Å². The number of likely N-dealkylation sites (tertiary alicyclic amines) is 1. The zero-order valence-corrected chi connectivity index (χ0v) is 10.2. The van der Waals surface area contributed by atoms with Crippen LogP contribution < -0.4 is 5.32 Å². The summed E-state index contributed by atoms with van der Waals surface area (Å²) in [5.41, 5.74) is 0. The second kappa shape index (κ2) is 5.86. The lowest BCUT2D eigenvalue weighted by atomic mass is 9.94. The van der Waals surface area contributed by atoms with Crippen molar-refractivity contribution < 1.29 is 0 Å². The summed E-state index contributed by atoms with van der Waals surface area (Å²) < 4.78 is 0. The van der Waals surface area contributed by atoms with Gasteiger partial charge in [-0.15, -0.1) is 0 Å². The van der Waals surface area contributed by atoms with E-state index in [0.29, 0.717) is 0 Å². The Balaban J connectivity index is 1.74. The minimum absolute atomic E-state index is 0.770. The molecule has 2 nitrogen and oxygen atoms in total. The van der Waals surface area contributed by atoms with E-state index in [9.17, 15) is 0 Å². The molecule has 2 heteroatoms. The summed E-state index contributed by atoms with van der Waals surface area (Å²) in [5, 5.41) is 3.68. The van der Waals surface area contributed by atoms with Crippen molar-refractivity contribution in [2.45, 2.75) is 51.5 Å². The van der Waals surface area contributed by atoms with Gasteiger partial charge in [-0.05, 0) is 51.2 Å². The number of piperidine rings is 1. The topological polar surface area (TPSA) is 15.3 Å². The van der Waals surface area contributed by atoms with Crippen LogP contribution in [0.5, 0.6) is 0 Å². The monoisotopic (exact) mass is 210 g/mol. The second-order valence-electron chi connectivity index (χ2n) is 5.50. The maximum atomic E-state index is 3.68. The molecule has 15 heavy (non-hydrogen) atoms. The molecule has 0 spiro atoms. The predicted octanol–water partition coefficient (Wildman–Crippen LogP) is 2.25. The molecular weight excluding hydrogens is 184 g/mol. The average molecular weight is 210 g/mol. The van der Waals surface area contributed by atoms with Gasteiger partial charge in [0, 0.05) is 12.6 Å². The van der Waals surface area contributed by atoms with E-state index < -0.39 is 0 Å². The highest BCUT2D eigenvalue weighted by atomic mass is 15.1. The molecule has 2 unspecified atom stereocenters. The fourth-order valence-corrected chi connectivity index (χ4v) is 2.99. The Kier molecular flexibility index (Phi) is 4.45. The van der Waals surface area contributed by atoms with Gasteiger partial charge in [0.15, 0.2) is 0 Å². The van der Waals surface area contributed by atoms with Gasteiger partial charge in [-0.25, -0.2) is 0 Å². The summed E-state index contributed by atoms with van der Waals surface area (Å²) in [4.78, 5) is 2.68. The van der Waals surface area contributed by atoms with Crippen molar-refractivity contribution in [2.75, 3.05) is 26.2 Å². The van der Waals surface area contributed by atoms with Crippen LogP contribution in [0.1, 0.15) is 45.4 Å². The molecule has 2 aliphatic rings. The van der Waals surface area contributed by atoms with Crippen LogP contribution in [0.3, 0.4) is 0 Å². The molecule has 0 aromatic rings. The van der Waals surface area contributed by atoms with Crippen molar-refractivity contribution in [3.05, 3.63) is 0 Å². The summed E-state index contributed by atoms with van der Waals surface area (Å²) in [7, 11) is 0. The maximum Gasteiger partial charge on any atom is 0.0197 e. The smallest absolute Gasteiger partial charge is 0.0197 e. The van der Waals surface area contributed by atoms with Crippen LogP contribution in [0, 0.1) is 5.92 Å². The Morgan fingerprint density at radius 3 is 2.53 bits per heavy atom. The Morgan fingerprint density at radius 2 is 1.87 bits per heavy atom. The number of nitrogens with one attached hydrogen (secondary N) is 1. The van der Waals surface area contributed by atoms with Crippen molar-refractivity contribution >= 4 is 0 Å². The van der Waals surface area contributed by atoms with E-state index >= 15 is 0 Å². The lowest BCUT2D eigenvalue weighted by Crippen LogP contribution is -2.45. The first-order chi connectivity index (χ1) is 7.34. The van der Waals surface area contributed by atoms with E-state index in [0.717, 1.165) is 12.0 Å². The maximum absolute atomic E-state index is 3.68. The summed E-state index contributed by atoms with van der Waals surface area (Å²) in [5.74, 6) is 0.934. The highest BCUT2D eigenvalue weighted by molar-refractivity contribution is 4.79. The Morgan fingerprint density at radius 1 is 1.13 bits per heavy atom. The first-order valence-electron chi connectivity index (χ1n) is 6.80. The van der Waals surface area contributed by atoms with Gasteiger partial charge in [-0.1, -0.05) is 19.8 Å². The molecule has 0 aliphatic carbocycles. The molecular formula is C13H26N2. The van der Waals surface area contributed by atoms with E-state index in [1.165, 1.54) is 64.7 Å². The number of hydrogen-bond acceptors (Lipinski definition) is 2. The highest BCUT2D eigenvalue weighted by Gasteiger charge is 2.20. The van der Waals surface area contributed by atoms with E-state index in [1.54, 1.807) is 0 Å². The molecule has 0 radical (unpaired) electrons. The van der Waals surface area contributed by atoms with Crippen LogP contribution in [-0.4, -0.2) is 37.1 Å². The van der Waals surface area contributed by atoms with Gasteiger partial charge in [0.05, 0.1) is 0 Å². The Labute approximate surface area is 94.4 Å². The molecule has 0 aromatic carbocycles. The molecule has 2 saturated heterocycles. The van der Waals surface area contributed by atoms with Crippen molar-refractivity contribution in [3.8, 4) is 0 Å². The standard InChI is InChI=1S/C13H26N2/c1-12-6-7-14-13(10-12)11-15-8-4-2-3-5-9-15/h12-14H,2-11H2,1H3. The van der Waals surface area contributed by atoms with Crippen LogP contribution in [0.15, 0.2) is 0 Å². The van der Waals surface area contributed by atoms with Gasteiger partial charge in [-0.3, -0.25) is 0 Å². The van der Waals surface area contributed by atoms with E-state index in [1.807, 2.05) is 0 Å². The predicted molar refractivity (Wildman–Crippen MR) is 65.1 cm³/mol. The van der Waals surface area contributed by atoms with Gasteiger partial charge in [-0.2, -0.15) is 0 Å². The van der Waals surface area contributed by atoms with Gasteiger partial charge < -0.3 is 10.2 Å². The SMILES string of the molecule is CC1CCNC(CN2CCCCCC2)C1. The minimum atomic E-state index is 0.770. The zero-order valence-electron chi connectivity index (χ0n) is 10.2. The molecule has 1 N–H and O–H groups in total. The molecule has 2 rings (SSSR count). The van der Waals surface area contributed by atoms with Crippen LogP contribution >= 0.6 is 0 Å². The van der Waals surface area contributed by atoms with Crippen molar-refractivity contribution in [2.24, 2.45) is 5.92 Å². The molecule has 2 aliphatic heterocycles. The van der Waals surface area contributed by atoms with Gasteiger partial charge in [0.2, 0.25) is 0 Å². The molecule has 0 saturated carbocycles. The van der Waals surface area contributed by atoms with E-state index in [-0.39, 0.29) is 0 Å². The normalized spacial score (nSPS) is 35.0. The van der Waals surface area contributed by atoms with Crippen LogP contribution in [0.25, 0.3) is 0 Å². The largest absolute Gasteiger partial charge is 0.313 e. The fraction of sp³-hybridized carbons (Fsp3) is 1.00. The van der Waals surface area contributed by atoms with Crippen LogP contribution in [-0.2, 0) is 0 Å². The third-order valence-corrected chi connectivity index (χ3v) is 3.93. The Bertz CT molecular complexity index is 173. The van der Waals surface area contributed by atoms with Crippen LogP contribution in [0.2, 0.25) is 0 Å². The second-order valence-corrected chi connectivity index (χ2v) is 5.50. The molecule has 2 atom stereocenters. The van der Waals surface area contributed by atoms with Crippen molar-refractivity contribution in [3.63, 3.8) is 0 Å². The van der Waals surface area contributed by atoms with Gasteiger partial charge >= 0.3 is 0 Å². The molecule has 0 bridgehead atoms. The van der Waals surface area contributed by atoms with Crippen molar-refractivity contribution in [1.29, 1.82) is 0 Å². The van der Waals surface area contributed by atoms with Crippen molar-refractivity contribution in [1.82, 2.24) is 10.2 Å². The van der Waals surface area contributed by atoms with Gasteiger partial charge in [0.1, 0.15) is 0 Å². The third-order valence-electron chi connectivity index (χ3n) is 3.93. The zero-order chi connectivity index (χ0) is 10.5. The van der Waals surface area contributed by atoms with E-state index in [2.05, 4.69) is 17.1 Å². The summed E-state index contributed by atoms with van der Waals surface area (Å²) in [6, 6.07) is 0.770. The molecule has 2 fully saturated rings. The molecule has 88 valence electrons. The number of rotatable bonds is 2. The molecule has 0 aromatic heterocycles. The first kappa shape index (κ1) is 11.4. The van der Waals surface area contributed by atoms with Gasteiger partial charge in [0.25, 0.3) is 0 Å². The highest BCUT2D eigenvalue weighted by Crippen LogP contribution is 2.17. The third kappa shape index (κ3) is 3.76. The van der Waals surface area contributed by atoms with E-state index in [4.69, 9.17) is 0 Å². The fourth-order valence-electron chi connectivity index (χ4n) is 2.99. The summed E-state index contributed by atoms with van der Waals surface area (Å²) in [6.07, 6.45) is 8.49. The summed E-state index contributed by atoms with van der Waals surface area (Å²) in [6.45, 7) is 7.61. The number of nitrogens with zero attached hydrogens (tertiary/aromatic N) is 1. The summed E-state index contributed by atoms with van der Waals surface area (Å²) >= 11 is 0. The number of hydrogen-bond donors (Lipinski definition) is 1. The quantitative estimate of drug-likeness (QED) is 0.752. The Hall–Kier alpha value is -0.0800. The first-order valence-corrected chi connectivity index (χ1v) is 6.80. The molecule has 2 heterocycles. The molecule has 0 amide bonds. The lowest BCUT2D eigenvalue weighted by Gasteiger charge is -2.32. The lowest BCUT2D eigenvalue weighted by molar-refractivity contribution is 0.211. The minimum Gasteiger partial charge on any atom is -0.313 e. The average Bonchev–Trinajstić information content (AvgIpc) is 2.46.